The number of esters is 2. The molecule has 0 atom stereocenters. The SMILES string of the molecule is COC(=O)C=C(C#N)C(=O)OC. The Morgan fingerprint density at radius 3 is 2.25 bits per heavy atom. The van der Waals surface area contributed by atoms with Crippen molar-refractivity contribution < 1.29 is 19.1 Å². The third-order valence-electron chi connectivity index (χ3n) is 0.989. The van der Waals surface area contributed by atoms with Gasteiger partial charge in [-0.2, -0.15) is 5.26 Å². The van der Waals surface area contributed by atoms with Gasteiger partial charge < -0.3 is 9.47 Å². The fourth-order valence-corrected chi connectivity index (χ4v) is 0.424. The number of carbonyl (C=O) groups excluding carboxylic acids is 2. The second-order valence-electron chi connectivity index (χ2n) is 1.68. The van der Waals surface area contributed by atoms with E-state index >= 15 is 0 Å². The van der Waals surface area contributed by atoms with E-state index in [2.05, 4.69) is 9.47 Å². The molecule has 0 unspecified atom stereocenters. The first kappa shape index (κ1) is 10.2. The lowest BCUT2D eigenvalue weighted by atomic mass is 10.3. The van der Waals surface area contributed by atoms with Crippen LogP contribution in [0.15, 0.2) is 11.6 Å². The van der Waals surface area contributed by atoms with Crippen LogP contribution < -0.4 is 0 Å². The predicted octanol–water partition coefficient (Wildman–Crippen LogP) is -0.218. The highest BCUT2D eigenvalue weighted by Gasteiger charge is 2.10. The zero-order chi connectivity index (χ0) is 9.56. The number of ether oxygens (including phenoxy) is 2. The van der Waals surface area contributed by atoms with Crippen molar-refractivity contribution in [2.45, 2.75) is 0 Å². The fourth-order valence-electron chi connectivity index (χ4n) is 0.424. The average molecular weight is 169 g/mol. The third-order valence-corrected chi connectivity index (χ3v) is 0.989. The molecule has 0 saturated heterocycles. The van der Waals surface area contributed by atoms with Gasteiger partial charge >= 0.3 is 11.9 Å². The van der Waals surface area contributed by atoms with Gasteiger partial charge in [-0.05, 0) is 0 Å². The number of methoxy groups -OCH3 is 2. The molecule has 0 aliphatic carbocycles. The largest absolute Gasteiger partial charge is 0.466 e. The lowest BCUT2D eigenvalue weighted by Crippen LogP contribution is -2.06. The number of nitrogens with zero attached hydrogens (tertiary/aromatic N) is 1. The summed E-state index contributed by atoms with van der Waals surface area (Å²) in [5.74, 6) is -1.63. The van der Waals surface area contributed by atoms with Gasteiger partial charge in [-0.1, -0.05) is 0 Å². The number of rotatable bonds is 2. The first-order chi connectivity index (χ1) is 5.65. The van der Waals surface area contributed by atoms with E-state index in [0.29, 0.717) is 0 Å². The molecule has 0 aromatic heterocycles. The van der Waals surface area contributed by atoms with Crippen LogP contribution in [0.5, 0.6) is 0 Å². The summed E-state index contributed by atoms with van der Waals surface area (Å²) in [5.41, 5.74) is -0.385. The standard InChI is InChI=1S/C7H7NO4/c1-11-6(9)3-5(4-8)7(10)12-2/h3H,1-2H3. The van der Waals surface area contributed by atoms with Crippen LogP contribution in [-0.2, 0) is 19.1 Å². The number of carbonyl (C=O) groups is 2. The van der Waals surface area contributed by atoms with E-state index in [9.17, 15) is 9.59 Å². The Balaban J connectivity index is 4.58. The molecule has 0 aliphatic rings. The Labute approximate surface area is 69.2 Å². The van der Waals surface area contributed by atoms with Crippen LogP contribution in [0.4, 0.5) is 0 Å². The summed E-state index contributed by atoms with van der Waals surface area (Å²) in [6, 6.07) is 1.50. The molecule has 0 heterocycles. The van der Waals surface area contributed by atoms with Crippen LogP contribution in [0.3, 0.4) is 0 Å². The lowest BCUT2D eigenvalue weighted by molar-refractivity contribution is -0.138. The smallest absolute Gasteiger partial charge is 0.348 e. The normalized spacial score (nSPS) is 9.92. The fraction of sp³-hybridized carbons (Fsp3) is 0.286. The molecular formula is C7H7NO4. The van der Waals surface area contributed by atoms with E-state index < -0.39 is 11.9 Å². The van der Waals surface area contributed by atoms with Gasteiger partial charge in [-0.15, -0.1) is 0 Å². The van der Waals surface area contributed by atoms with E-state index in [1.165, 1.54) is 6.07 Å². The first-order valence-electron chi connectivity index (χ1n) is 2.93. The quantitative estimate of drug-likeness (QED) is 0.324. The van der Waals surface area contributed by atoms with Crippen LogP contribution in [-0.4, -0.2) is 26.2 Å². The first-order valence-corrected chi connectivity index (χ1v) is 2.93. The molecular weight excluding hydrogens is 162 g/mol. The van der Waals surface area contributed by atoms with Crippen LogP contribution >= 0.6 is 0 Å². The molecule has 0 aromatic rings. The van der Waals surface area contributed by atoms with E-state index in [1.54, 1.807) is 0 Å². The summed E-state index contributed by atoms with van der Waals surface area (Å²) in [6.07, 6.45) is 0.770. The second kappa shape index (κ2) is 4.91. The number of hydrogen-bond acceptors (Lipinski definition) is 5. The lowest BCUT2D eigenvalue weighted by Gasteiger charge is -1.94. The minimum Gasteiger partial charge on any atom is -0.466 e. The second-order valence-corrected chi connectivity index (χ2v) is 1.68. The number of hydrogen-bond donors (Lipinski definition) is 0. The molecule has 0 N–H and O–H groups in total. The van der Waals surface area contributed by atoms with Crippen molar-refractivity contribution in [3.63, 3.8) is 0 Å². The molecule has 64 valence electrons. The Morgan fingerprint density at radius 1 is 1.33 bits per heavy atom. The van der Waals surface area contributed by atoms with Gasteiger partial charge in [0.2, 0.25) is 0 Å². The van der Waals surface area contributed by atoms with Gasteiger partial charge in [0, 0.05) is 6.08 Å². The van der Waals surface area contributed by atoms with Crippen LogP contribution in [0, 0.1) is 11.3 Å². The monoisotopic (exact) mass is 169 g/mol. The highest BCUT2D eigenvalue weighted by Crippen LogP contribution is 1.95. The highest BCUT2D eigenvalue weighted by atomic mass is 16.5. The van der Waals surface area contributed by atoms with Gasteiger partial charge in [0.15, 0.2) is 0 Å². The Hall–Kier alpha value is -1.83. The molecule has 0 fully saturated rings. The van der Waals surface area contributed by atoms with E-state index in [-0.39, 0.29) is 5.57 Å². The Bertz CT molecular complexity index is 261. The van der Waals surface area contributed by atoms with Gasteiger partial charge in [0.05, 0.1) is 14.2 Å². The zero-order valence-electron chi connectivity index (χ0n) is 6.66. The summed E-state index contributed by atoms with van der Waals surface area (Å²) in [4.78, 5) is 21.2. The van der Waals surface area contributed by atoms with Gasteiger partial charge in [-0.25, -0.2) is 9.59 Å². The van der Waals surface area contributed by atoms with Crippen molar-refractivity contribution in [3.8, 4) is 6.07 Å². The topological polar surface area (TPSA) is 76.4 Å². The summed E-state index contributed by atoms with van der Waals surface area (Å²) in [5, 5.41) is 8.35. The van der Waals surface area contributed by atoms with Gasteiger partial charge in [-0.3, -0.25) is 0 Å². The zero-order valence-corrected chi connectivity index (χ0v) is 6.66. The molecule has 12 heavy (non-hydrogen) atoms. The number of nitriles is 1. The molecule has 0 aromatic carbocycles. The molecule has 0 radical (unpaired) electrons. The maximum Gasteiger partial charge on any atom is 0.348 e. The summed E-state index contributed by atoms with van der Waals surface area (Å²) in [6.45, 7) is 0. The van der Waals surface area contributed by atoms with Crippen molar-refractivity contribution in [2.24, 2.45) is 0 Å². The van der Waals surface area contributed by atoms with E-state index in [1.807, 2.05) is 0 Å². The maximum absolute atomic E-state index is 10.7. The maximum atomic E-state index is 10.7. The van der Waals surface area contributed by atoms with Crippen molar-refractivity contribution in [3.05, 3.63) is 11.6 Å². The molecule has 5 heteroatoms. The minimum absolute atomic E-state index is 0.385. The summed E-state index contributed by atoms with van der Waals surface area (Å²) >= 11 is 0. The molecule has 0 amide bonds. The average Bonchev–Trinajstić information content (AvgIpc) is 2.12. The van der Waals surface area contributed by atoms with Crippen molar-refractivity contribution in [1.82, 2.24) is 0 Å². The van der Waals surface area contributed by atoms with E-state index in [0.717, 1.165) is 20.3 Å². The highest BCUT2D eigenvalue weighted by molar-refractivity contribution is 5.99. The third kappa shape index (κ3) is 2.84. The van der Waals surface area contributed by atoms with Crippen molar-refractivity contribution >= 4 is 11.9 Å². The minimum atomic E-state index is -0.858. The van der Waals surface area contributed by atoms with Gasteiger partial charge in [0.1, 0.15) is 11.6 Å². The molecule has 0 spiro atoms. The molecule has 0 saturated carbocycles. The van der Waals surface area contributed by atoms with Crippen LogP contribution in [0.1, 0.15) is 0 Å². The molecule has 5 nitrogen and oxygen atoms in total. The van der Waals surface area contributed by atoms with Crippen LogP contribution in [0.2, 0.25) is 0 Å². The summed E-state index contributed by atoms with van der Waals surface area (Å²) in [7, 11) is 2.26. The molecule has 0 bridgehead atoms. The predicted molar refractivity (Wildman–Crippen MR) is 37.7 cm³/mol. The Morgan fingerprint density at radius 2 is 1.92 bits per heavy atom. The molecule has 0 rings (SSSR count). The van der Waals surface area contributed by atoms with Crippen molar-refractivity contribution in [1.29, 1.82) is 5.26 Å². The van der Waals surface area contributed by atoms with E-state index in [4.69, 9.17) is 5.26 Å². The summed E-state index contributed by atoms with van der Waals surface area (Å²) < 4.78 is 8.41. The van der Waals surface area contributed by atoms with Gasteiger partial charge in [0.25, 0.3) is 0 Å². The Kier molecular flexibility index (Phi) is 4.16. The van der Waals surface area contributed by atoms with Crippen LogP contribution in [0.25, 0.3) is 0 Å². The van der Waals surface area contributed by atoms with Crippen molar-refractivity contribution in [2.75, 3.05) is 14.2 Å². The molecule has 0 aliphatic heterocycles.